The molecule has 0 aliphatic carbocycles. The molecule has 0 saturated heterocycles. The third kappa shape index (κ3) is 3.95. The fourth-order valence-electron chi connectivity index (χ4n) is 7.70. The van der Waals surface area contributed by atoms with E-state index in [0.717, 1.165) is 5.56 Å². The largest absolute Gasteiger partial charge is 0.309 e. The predicted octanol–water partition coefficient (Wildman–Crippen LogP) is 12.1. The number of aromatic nitrogens is 2. The van der Waals surface area contributed by atoms with E-state index in [0.29, 0.717) is 0 Å². The molecular formula is C45H28N2. The molecule has 0 bridgehead atoms. The lowest BCUT2D eigenvalue weighted by molar-refractivity contribution is 1.18. The second-order valence-corrected chi connectivity index (χ2v) is 12.4. The summed E-state index contributed by atoms with van der Waals surface area (Å²) in [5.74, 6) is 0. The van der Waals surface area contributed by atoms with Gasteiger partial charge in [0, 0.05) is 34.4 Å². The summed E-state index contributed by atoms with van der Waals surface area (Å²) in [7, 11) is 0. The van der Waals surface area contributed by atoms with Crippen LogP contribution >= 0.6 is 0 Å². The first-order valence-electron chi connectivity index (χ1n) is 16.1. The Morgan fingerprint density at radius 3 is 1.60 bits per heavy atom. The number of fused-ring (bicyclic) bond motifs is 3. The number of hydrogen-bond acceptors (Lipinski definition) is 1. The summed E-state index contributed by atoms with van der Waals surface area (Å²) in [6.45, 7) is 0. The van der Waals surface area contributed by atoms with E-state index in [1.165, 1.54) is 87.6 Å². The Labute approximate surface area is 272 Å². The molecule has 0 unspecified atom stereocenters. The van der Waals surface area contributed by atoms with E-state index < -0.39 is 0 Å². The normalized spacial score (nSPS) is 11.8. The van der Waals surface area contributed by atoms with Gasteiger partial charge in [0.25, 0.3) is 0 Å². The van der Waals surface area contributed by atoms with Crippen molar-refractivity contribution in [1.29, 1.82) is 0 Å². The van der Waals surface area contributed by atoms with E-state index in [-0.39, 0.29) is 0 Å². The van der Waals surface area contributed by atoms with Crippen molar-refractivity contribution in [1.82, 2.24) is 9.55 Å². The van der Waals surface area contributed by atoms with E-state index in [1.54, 1.807) is 0 Å². The van der Waals surface area contributed by atoms with Gasteiger partial charge in [0.1, 0.15) is 0 Å². The lowest BCUT2D eigenvalue weighted by Gasteiger charge is -2.17. The maximum atomic E-state index is 4.34. The van der Waals surface area contributed by atoms with E-state index in [1.807, 2.05) is 18.5 Å². The van der Waals surface area contributed by atoms with Crippen LogP contribution < -0.4 is 0 Å². The summed E-state index contributed by atoms with van der Waals surface area (Å²) in [6.07, 6.45) is 3.75. The summed E-state index contributed by atoms with van der Waals surface area (Å²) in [4.78, 5) is 4.34. The Hall–Kier alpha value is -6.25. The molecule has 8 aromatic carbocycles. The molecule has 2 nitrogen and oxygen atoms in total. The average Bonchev–Trinajstić information content (AvgIpc) is 3.48. The standard InChI is InChI=1S/C45H28N2/c1-3-12-42-38(10-1)39-11-2-4-13-43(39)47(42)35-20-14-29(15-21-35)36-22-16-30-19-25-41-37(23-17-31-18-24-40(36)44(30)45(31)41)33-8-5-7-32(27-33)34-9-6-26-46-28-34/h1-28H. The number of rotatable bonds is 4. The minimum atomic E-state index is 1.13. The second kappa shape index (κ2) is 10.1. The molecule has 0 fully saturated rings. The molecule has 0 saturated carbocycles. The van der Waals surface area contributed by atoms with Crippen LogP contribution in [0.2, 0.25) is 0 Å². The number of pyridine rings is 1. The van der Waals surface area contributed by atoms with Gasteiger partial charge in [-0.2, -0.15) is 0 Å². The van der Waals surface area contributed by atoms with Crippen molar-refractivity contribution >= 4 is 54.1 Å². The molecule has 2 heterocycles. The topological polar surface area (TPSA) is 17.8 Å². The van der Waals surface area contributed by atoms with Crippen molar-refractivity contribution in [3.63, 3.8) is 0 Å². The van der Waals surface area contributed by atoms with Crippen molar-refractivity contribution in [2.75, 3.05) is 0 Å². The van der Waals surface area contributed by atoms with Crippen molar-refractivity contribution in [2.24, 2.45) is 0 Å². The van der Waals surface area contributed by atoms with Crippen LogP contribution in [-0.4, -0.2) is 9.55 Å². The summed E-state index contributed by atoms with van der Waals surface area (Å²) in [5, 5.41) is 10.3. The first-order valence-corrected chi connectivity index (χ1v) is 16.1. The minimum Gasteiger partial charge on any atom is -0.309 e. The minimum absolute atomic E-state index is 1.13. The zero-order valence-electron chi connectivity index (χ0n) is 25.6. The van der Waals surface area contributed by atoms with Crippen LogP contribution in [0, 0.1) is 0 Å². The summed E-state index contributed by atoms with van der Waals surface area (Å²) >= 11 is 0. The lowest BCUT2D eigenvalue weighted by atomic mass is 9.87. The highest BCUT2D eigenvalue weighted by Gasteiger charge is 2.16. The SMILES string of the molecule is c1cncc(-c2cccc(-c3ccc4ccc5c(-c6ccc(-n7c8ccccc8c8ccccc87)cc6)ccc6ccc3c4c65)c2)c1. The first-order chi connectivity index (χ1) is 23.3. The molecule has 0 atom stereocenters. The molecule has 0 aliphatic heterocycles. The van der Waals surface area contributed by atoms with Gasteiger partial charge in [-0.05, 0) is 96.5 Å². The highest BCUT2D eigenvalue weighted by atomic mass is 15.0. The van der Waals surface area contributed by atoms with Crippen LogP contribution in [-0.2, 0) is 0 Å². The molecule has 47 heavy (non-hydrogen) atoms. The zero-order chi connectivity index (χ0) is 30.9. The summed E-state index contributed by atoms with van der Waals surface area (Å²) in [5.41, 5.74) is 10.9. The molecule has 2 aromatic heterocycles. The highest BCUT2D eigenvalue weighted by molar-refractivity contribution is 6.27. The fraction of sp³-hybridized carbons (Fsp3) is 0. The zero-order valence-corrected chi connectivity index (χ0v) is 25.6. The van der Waals surface area contributed by atoms with Crippen LogP contribution in [0.5, 0.6) is 0 Å². The molecule has 0 spiro atoms. The number of para-hydroxylation sites is 2. The molecule has 0 radical (unpaired) electrons. The third-order valence-electron chi connectivity index (χ3n) is 9.85. The number of hydrogen-bond donors (Lipinski definition) is 0. The van der Waals surface area contributed by atoms with Gasteiger partial charge >= 0.3 is 0 Å². The van der Waals surface area contributed by atoms with Crippen LogP contribution in [0.15, 0.2) is 170 Å². The van der Waals surface area contributed by atoms with Gasteiger partial charge < -0.3 is 4.57 Å². The molecule has 0 N–H and O–H groups in total. The third-order valence-corrected chi connectivity index (χ3v) is 9.85. The Kier molecular flexibility index (Phi) is 5.61. The molecule has 10 aromatic rings. The van der Waals surface area contributed by atoms with Gasteiger partial charge in [-0.15, -0.1) is 0 Å². The molecule has 2 heteroatoms. The van der Waals surface area contributed by atoms with E-state index in [4.69, 9.17) is 0 Å². The lowest BCUT2D eigenvalue weighted by Crippen LogP contribution is -1.94. The monoisotopic (exact) mass is 596 g/mol. The van der Waals surface area contributed by atoms with Crippen molar-refractivity contribution in [3.05, 3.63) is 170 Å². The van der Waals surface area contributed by atoms with Crippen LogP contribution in [0.4, 0.5) is 0 Å². The molecular weight excluding hydrogens is 569 g/mol. The van der Waals surface area contributed by atoms with Crippen molar-refractivity contribution in [2.45, 2.75) is 0 Å². The highest BCUT2D eigenvalue weighted by Crippen LogP contribution is 2.43. The maximum absolute atomic E-state index is 4.34. The van der Waals surface area contributed by atoms with Crippen LogP contribution in [0.3, 0.4) is 0 Å². The smallest absolute Gasteiger partial charge is 0.0541 e. The van der Waals surface area contributed by atoms with E-state index >= 15 is 0 Å². The Morgan fingerprint density at radius 2 is 0.957 bits per heavy atom. The van der Waals surface area contributed by atoms with Crippen molar-refractivity contribution in [3.8, 4) is 39.1 Å². The van der Waals surface area contributed by atoms with Gasteiger partial charge in [0.15, 0.2) is 0 Å². The van der Waals surface area contributed by atoms with Gasteiger partial charge in [-0.25, -0.2) is 0 Å². The quantitative estimate of drug-likeness (QED) is 0.185. The molecule has 10 rings (SSSR count). The molecule has 0 aliphatic rings. The predicted molar refractivity (Wildman–Crippen MR) is 199 cm³/mol. The fourth-order valence-corrected chi connectivity index (χ4v) is 7.70. The Morgan fingerprint density at radius 1 is 0.383 bits per heavy atom. The molecule has 0 amide bonds. The second-order valence-electron chi connectivity index (χ2n) is 12.4. The van der Waals surface area contributed by atoms with E-state index in [2.05, 4.69) is 161 Å². The van der Waals surface area contributed by atoms with Gasteiger partial charge in [0.05, 0.1) is 11.0 Å². The van der Waals surface area contributed by atoms with Gasteiger partial charge in [0.2, 0.25) is 0 Å². The number of benzene rings is 8. The average molecular weight is 597 g/mol. The number of nitrogens with zero attached hydrogens (tertiary/aromatic N) is 2. The van der Waals surface area contributed by atoms with Crippen molar-refractivity contribution < 1.29 is 0 Å². The molecule has 218 valence electrons. The van der Waals surface area contributed by atoms with Crippen LogP contribution in [0.1, 0.15) is 0 Å². The Bertz CT molecular complexity index is 2720. The summed E-state index contributed by atoms with van der Waals surface area (Å²) in [6, 6.07) is 57.7. The van der Waals surface area contributed by atoms with Gasteiger partial charge in [-0.3, -0.25) is 4.98 Å². The first kappa shape index (κ1) is 26.0. The maximum Gasteiger partial charge on any atom is 0.0541 e. The van der Waals surface area contributed by atoms with Gasteiger partial charge in [-0.1, -0.05) is 121 Å². The van der Waals surface area contributed by atoms with E-state index in [9.17, 15) is 0 Å². The summed E-state index contributed by atoms with van der Waals surface area (Å²) < 4.78 is 2.38. The van der Waals surface area contributed by atoms with Crippen LogP contribution in [0.25, 0.3) is 93.2 Å². The Balaban J connectivity index is 1.13.